The third kappa shape index (κ3) is 5.34. The van der Waals surface area contributed by atoms with Crippen molar-refractivity contribution in [2.45, 2.75) is 25.5 Å². The number of rotatable bonds is 7. The van der Waals surface area contributed by atoms with Gasteiger partial charge in [-0.3, -0.25) is 0 Å². The minimum absolute atomic E-state index is 0.176. The van der Waals surface area contributed by atoms with Gasteiger partial charge in [0.2, 0.25) is 0 Å². The number of aliphatic hydroxyl groups is 1. The zero-order chi connectivity index (χ0) is 14.5. The predicted octanol–water partition coefficient (Wildman–Crippen LogP) is 3.22. The minimum Gasteiger partial charge on any atom is -0.496 e. The van der Waals surface area contributed by atoms with Crippen LogP contribution in [0.3, 0.4) is 0 Å². The van der Waals surface area contributed by atoms with Gasteiger partial charge in [0.15, 0.2) is 0 Å². The topological polar surface area (TPSA) is 41.5 Å². The highest BCUT2D eigenvalue weighted by atomic mass is 79.9. The summed E-state index contributed by atoms with van der Waals surface area (Å²) in [6.07, 6.45) is 2.00. The van der Waals surface area contributed by atoms with E-state index in [0.29, 0.717) is 6.54 Å². The van der Waals surface area contributed by atoms with Crippen LogP contribution in [0.5, 0.6) is 5.75 Å². The molecule has 1 aromatic carbocycles. The van der Waals surface area contributed by atoms with Gasteiger partial charge in [0.1, 0.15) is 5.75 Å². The smallest absolute Gasteiger partial charge is 0.133 e. The van der Waals surface area contributed by atoms with Crippen molar-refractivity contribution in [3.8, 4) is 5.75 Å². The van der Waals surface area contributed by atoms with Crippen LogP contribution in [0, 0.1) is 0 Å². The van der Waals surface area contributed by atoms with Crippen LogP contribution in [0.25, 0.3) is 0 Å². The molecular formula is C14H22BrNO2S. The Morgan fingerprint density at radius 2 is 2.21 bits per heavy atom. The van der Waals surface area contributed by atoms with E-state index in [1.165, 1.54) is 0 Å². The molecule has 0 heterocycles. The minimum atomic E-state index is -0.683. The fraction of sp³-hybridized carbons (Fsp3) is 0.571. The fourth-order valence-electron chi connectivity index (χ4n) is 1.80. The van der Waals surface area contributed by atoms with E-state index in [1.54, 1.807) is 18.9 Å². The second kappa shape index (κ2) is 7.53. The molecule has 5 heteroatoms. The highest BCUT2D eigenvalue weighted by molar-refractivity contribution is 9.10. The first-order chi connectivity index (χ1) is 8.89. The lowest BCUT2D eigenvalue weighted by molar-refractivity contribution is 0.0820. The van der Waals surface area contributed by atoms with Crippen LogP contribution >= 0.6 is 27.7 Å². The number of methoxy groups -OCH3 is 1. The van der Waals surface area contributed by atoms with Gasteiger partial charge in [-0.2, -0.15) is 11.8 Å². The summed E-state index contributed by atoms with van der Waals surface area (Å²) in [5.74, 6) is 1.55. The average Bonchev–Trinajstić information content (AvgIpc) is 2.36. The van der Waals surface area contributed by atoms with Crippen LogP contribution in [-0.4, -0.2) is 36.4 Å². The molecule has 0 aliphatic heterocycles. The maximum Gasteiger partial charge on any atom is 0.133 e. The Hall–Kier alpha value is -0.230. The Kier molecular flexibility index (Phi) is 6.66. The van der Waals surface area contributed by atoms with E-state index in [2.05, 4.69) is 28.2 Å². The number of nitrogens with one attached hydrogen (secondary N) is 1. The van der Waals surface area contributed by atoms with E-state index in [0.717, 1.165) is 21.5 Å². The molecule has 0 unspecified atom stereocenters. The lowest BCUT2D eigenvalue weighted by atomic mass is 10.1. The SMILES string of the molecule is COc1ccc([C@@H](C)NC[C@@](C)(O)CSC)cc1Br. The van der Waals surface area contributed by atoms with Gasteiger partial charge in [-0.15, -0.1) is 0 Å². The van der Waals surface area contributed by atoms with Crippen molar-refractivity contribution in [1.29, 1.82) is 0 Å². The molecule has 1 rings (SSSR count). The predicted molar refractivity (Wildman–Crippen MR) is 86.1 cm³/mol. The zero-order valence-electron chi connectivity index (χ0n) is 11.9. The lowest BCUT2D eigenvalue weighted by Crippen LogP contribution is -2.40. The molecule has 0 aliphatic rings. The number of hydrogen-bond acceptors (Lipinski definition) is 4. The molecule has 0 saturated carbocycles. The number of halogens is 1. The van der Waals surface area contributed by atoms with Crippen molar-refractivity contribution in [1.82, 2.24) is 5.32 Å². The van der Waals surface area contributed by atoms with Crippen LogP contribution in [0.1, 0.15) is 25.5 Å². The van der Waals surface area contributed by atoms with Crippen molar-refractivity contribution in [3.05, 3.63) is 28.2 Å². The van der Waals surface area contributed by atoms with Gasteiger partial charge in [-0.05, 0) is 53.7 Å². The van der Waals surface area contributed by atoms with Crippen molar-refractivity contribution < 1.29 is 9.84 Å². The monoisotopic (exact) mass is 347 g/mol. The molecule has 19 heavy (non-hydrogen) atoms. The lowest BCUT2D eigenvalue weighted by Gasteiger charge is -2.25. The van der Waals surface area contributed by atoms with Crippen LogP contribution in [0.2, 0.25) is 0 Å². The second-order valence-electron chi connectivity index (χ2n) is 4.93. The largest absolute Gasteiger partial charge is 0.496 e. The Morgan fingerprint density at radius 3 is 2.74 bits per heavy atom. The van der Waals surface area contributed by atoms with Crippen LogP contribution in [0.15, 0.2) is 22.7 Å². The van der Waals surface area contributed by atoms with E-state index in [9.17, 15) is 5.11 Å². The Bertz CT molecular complexity index is 412. The fourth-order valence-corrected chi connectivity index (χ4v) is 3.09. The molecule has 2 atom stereocenters. The molecule has 0 bridgehead atoms. The van der Waals surface area contributed by atoms with E-state index >= 15 is 0 Å². The molecule has 1 aromatic rings. The summed E-state index contributed by atoms with van der Waals surface area (Å²) >= 11 is 5.13. The van der Waals surface area contributed by atoms with E-state index in [4.69, 9.17) is 4.74 Å². The van der Waals surface area contributed by atoms with Gasteiger partial charge in [0.25, 0.3) is 0 Å². The van der Waals surface area contributed by atoms with Crippen molar-refractivity contribution >= 4 is 27.7 Å². The molecule has 0 radical (unpaired) electrons. The number of ether oxygens (including phenoxy) is 1. The van der Waals surface area contributed by atoms with Crippen molar-refractivity contribution in [2.24, 2.45) is 0 Å². The first kappa shape index (κ1) is 16.8. The average molecular weight is 348 g/mol. The standard InChI is InChI=1S/C14H22BrNO2S/c1-10(16-8-14(2,17)9-19-4)11-5-6-13(18-3)12(15)7-11/h5-7,10,16-17H,8-9H2,1-4H3/t10-,14-/m1/s1. The van der Waals surface area contributed by atoms with Crippen LogP contribution in [-0.2, 0) is 0 Å². The summed E-state index contributed by atoms with van der Waals surface area (Å²) in [6, 6.07) is 6.19. The summed E-state index contributed by atoms with van der Waals surface area (Å²) in [6.45, 7) is 4.51. The van der Waals surface area contributed by atoms with Crippen LogP contribution in [0.4, 0.5) is 0 Å². The van der Waals surface area contributed by atoms with Gasteiger partial charge in [-0.1, -0.05) is 6.07 Å². The summed E-state index contributed by atoms with van der Waals surface area (Å²) in [7, 11) is 1.65. The first-order valence-electron chi connectivity index (χ1n) is 6.18. The van der Waals surface area contributed by atoms with E-state index in [1.807, 2.05) is 31.4 Å². The molecule has 2 N–H and O–H groups in total. The maximum absolute atomic E-state index is 10.1. The highest BCUT2D eigenvalue weighted by Gasteiger charge is 2.20. The Morgan fingerprint density at radius 1 is 1.53 bits per heavy atom. The zero-order valence-corrected chi connectivity index (χ0v) is 14.3. The van der Waals surface area contributed by atoms with Gasteiger partial charge >= 0.3 is 0 Å². The van der Waals surface area contributed by atoms with E-state index in [-0.39, 0.29) is 6.04 Å². The molecule has 3 nitrogen and oxygen atoms in total. The Labute approximate surface area is 128 Å². The first-order valence-corrected chi connectivity index (χ1v) is 8.36. The molecule has 0 saturated heterocycles. The number of thioether (sulfide) groups is 1. The molecule has 0 amide bonds. The van der Waals surface area contributed by atoms with Gasteiger partial charge in [-0.25, -0.2) is 0 Å². The van der Waals surface area contributed by atoms with Crippen molar-refractivity contribution in [3.63, 3.8) is 0 Å². The van der Waals surface area contributed by atoms with Gasteiger partial charge in [0, 0.05) is 18.3 Å². The third-order valence-electron chi connectivity index (χ3n) is 2.92. The molecule has 0 aliphatic carbocycles. The maximum atomic E-state index is 10.1. The van der Waals surface area contributed by atoms with Gasteiger partial charge in [0.05, 0.1) is 17.2 Å². The normalized spacial score (nSPS) is 15.9. The highest BCUT2D eigenvalue weighted by Crippen LogP contribution is 2.28. The Balaban J connectivity index is 2.63. The van der Waals surface area contributed by atoms with E-state index < -0.39 is 5.60 Å². The number of hydrogen-bond donors (Lipinski definition) is 2. The third-order valence-corrected chi connectivity index (χ3v) is 4.45. The quantitative estimate of drug-likeness (QED) is 0.794. The molecule has 0 fully saturated rings. The summed E-state index contributed by atoms with van der Waals surface area (Å²) < 4.78 is 6.16. The number of benzene rings is 1. The molecule has 0 spiro atoms. The molecular weight excluding hydrogens is 326 g/mol. The second-order valence-corrected chi connectivity index (χ2v) is 6.65. The summed E-state index contributed by atoms with van der Waals surface area (Å²) in [5, 5.41) is 13.5. The summed E-state index contributed by atoms with van der Waals surface area (Å²) in [5.41, 5.74) is 0.477. The molecule has 0 aromatic heterocycles. The molecule has 108 valence electrons. The van der Waals surface area contributed by atoms with Gasteiger partial charge < -0.3 is 15.2 Å². The summed E-state index contributed by atoms with van der Waals surface area (Å²) in [4.78, 5) is 0. The van der Waals surface area contributed by atoms with Crippen LogP contribution < -0.4 is 10.1 Å². The van der Waals surface area contributed by atoms with Crippen molar-refractivity contribution in [2.75, 3.05) is 25.7 Å².